The number of hydrogen-bond donors (Lipinski definition) is 2. The SMILES string of the molecule is CCOC(=O)NC(=O)c1c(NC(=O)c2ccc(C)cc2C)sc(C)c1C. The van der Waals surface area contributed by atoms with E-state index in [1.807, 2.05) is 32.9 Å². The lowest BCUT2D eigenvalue weighted by Gasteiger charge is -2.10. The monoisotopic (exact) mass is 374 g/mol. The van der Waals surface area contributed by atoms with Gasteiger partial charge in [0.15, 0.2) is 0 Å². The fourth-order valence-corrected chi connectivity index (χ4v) is 3.60. The summed E-state index contributed by atoms with van der Waals surface area (Å²) in [5, 5.41) is 5.39. The maximum absolute atomic E-state index is 12.6. The van der Waals surface area contributed by atoms with E-state index < -0.39 is 12.0 Å². The Morgan fingerprint density at radius 2 is 1.77 bits per heavy atom. The van der Waals surface area contributed by atoms with Crippen LogP contribution in [0.25, 0.3) is 0 Å². The van der Waals surface area contributed by atoms with Gasteiger partial charge >= 0.3 is 6.09 Å². The van der Waals surface area contributed by atoms with Crippen molar-refractivity contribution < 1.29 is 19.1 Å². The molecule has 2 rings (SSSR count). The van der Waals surface area contributed by atoms with Crippen LogP contribution in [0.3, 0.4) is 0 Å². The second-order valence-corrected chi connectivity index (χ2v) is 7.16. The number of benzene rings is 1. The van der Waals surface area contributed by atoms with Crippen LogP contribution in [0.15, 0.2) is 18.2 Å². The number of aryl methyl sites for hydroxylation is 3. The standard InChI is InChI=1S/C19H22N2O4S/c1-6-25-19(24)21-17(23)15-12(4)13(5)26-18(15)20-16(22)14-8-7-10(2)9-11(14)3/h7-9H,6H2,1-5H3,(H,20,22)(H,21,23,24). The van der Waals surface area contributed by atoms with Crippen LogP contribution in [0.2, 0.25) is 0 Å². The molecule has 0 atom stereocenters. The molecule has 2 N–H and O–H groups in total. The number of rotatable bonds is 4. The molecule has 138 valence electrons. The molecule has 0 saturated heterocycles. The first-order valence-electron chi connectivity index (χ1n) is 8.21. The van der Waals surface area contributed by atoms with Gasteiger partial charge < -0.3 is 10.1 Å². The van der Waals surface area contributed by atoms with Crippen molar-refractivity contribution in [2.24, 2.45) is 0 Å². The van der Waals surface area contributed by atoms with Gasteiger partial charge in [0.25, 0.3) is 11.8 Å². The molecule has 3 amide bonds. The minimum Gasteiger partial charge on any atom is -0.450 e. The zero-order valence-electron chi connectivity index (χ0n) is 15.5. The van der Waals surface area contributed by atoms with Gasteiger partial charge in [-0.05, 0) is 51.8 Å². The highest BCUT2D eigenvalue weighted by Gasteiger charge is 2.23. The first kappa shape index (κ1) is 19.7. The molecule has 0 unspecified atom stereocenters. The first-order valence-corrected chi connectivity index (χ1v) is 9.03. The summed E-state index contributed by atoms with van der Waals surface area (Å²) in [6, 6.07) is 5.54. The average Bonchev–Trinajstić information content (AvgIpc) is 2.81. The fourth-order valence-electron chi connectivity index (χ4n) is 2.55. The van der Waals surface area contributed by atoms with E-state index in [4.69, 9.17) is 4.74 Å². The van der Waals surface area contributed by atoms with Crippen molar-refractivity contribution in [1.29, 1.82) is 0 Å². The third-order valence-electron chi connectivity index (χ3n) is 3.96. The van der Waals surface area contributed by atoms with Crippen LogP contribution in [0.5, 0.6) is 0 Å². The average molecular weight is 374 g/mol. The quantitative estimate of drug-likeness (QED) is 0.843. The lowest BCUT2D eigenvalue weighted by Crippen LogP contribution is -2.32. The predicted molar refractivity (Wildman–Crippen MR) is 102 cm³/mol. The van der Waals surface area contributed by atoms with Gasteiger partial charge in [0, 0.05) is 10.4 Å². The van der Waals surface area contributed by atoms with E-state index in [1.165, 1.54) is 11.3 Å². The molecule has 2 aromatic rings. The maximum atomic E-state index is 12.6. The summed E-state index contributed by atoms with van der Waals surface area (Å²) in [4.78, 5) is 37.5. The molecule has 1 aromatic carbocycles. The fraction of sp³-hybridized carbons (Fsp3) is 0.316. The number of anilines is 1. The minimum absolute atomic E-state index is 0.164. The number of amides is 3. The van der Waals surface area contributed by atoms with E-state index in [1.54, 1.807) is 19.9 Å². The topological polar surface area (TPSA) is 84.5 Å². The molecular weight excluding hydrogens is 352 g/mol. The molecule has 7 heteroatoms. The summed E-state index contributed by atoms with van der Waals surface area (Å²) in [6.07, 6.45) is -0.813. The molecule has 1 heterocycles. The Balaban J connectivity index is 2.29. The Bertz CT molecular complexity index is 871. The van der Waals surface area contributed by atoms with Gasteiger partial charge in [0.2, 0.25) is 0 Å². The van der Waals surface area contributed by atoms with Crippen LogP contribution in [0, 0.1) is 27.7 Å². The number of carbonyl (C=O) groups is 3. The Labute approximate surface area is 156 Å². The number of ether oxygens (including phenoxy) is 1. The number of hydrogen-bond acceptors (Lipinski definition) is 5. The van der Waals surface area contributed by atoms with Crippen LogP contribution >= 0.6 is 11.3 Å². The lowest BCUT2D eigenvalue weighted by molar-refractivity contribution is 0.0925. The van der Waals surface area contributed by atoms with Crippen molar-refractivity contribution in [2.45, 2.75) is 34.6 Å². The zero-order valence-corrected chi connectivity index (χ0v) is 16.3. The van der Waals surface area contributed by atoms with E-state index in [2.05, 4.69) is 10.6 Å². The molecule has 0 aliphatic carbocycles. The number of alkyl carbamates (subject to hydrolysis) is 1. The lowest BCUT2D eigenvalue weighted by atomic mass is 10.1. The van der Waals surface area contributed by atoms with E-state index in [9.17, 15) is 14.4 Å². The Kier molecular flexibility index (Phi) is 6.15. The van der Waals surface area contributed by atoms with Gasteiger partial charge in [0.05, 0.1) is 12.2 Å². The van der Waals surface area contributed by atoms with Gasteiger partial charge in [-0.2, -0.15) is 0 Å². The van der Waals surface area contributed by atoms with E-state index in [0.29, 0.717) is 16.1 Å². The minimum atomic E-state index is -0.813. The molecule has 0 bridgehead atoms. The molecule has 0 radical (unpaired) electrons. The van der Waals surface area contributed by atoms with Gasteiger partial charge in [-0.15, -0.1) is 11.3 Å². The van der Waals surface area contributed by atoms with Gasteiger partial charge in [-0.1, -0.05) is 17.7 Å². The Morgan fingerprint density at radius 1 is 1.08 bits per heavy atom. The normalized spacial score (nSPS) is 10.3. The molecular formula is C19H22N2O4S. The van der Waals surface area contributed by atoms with E-state index in [-0.39, 0.29) is 18.1 Å². The van der Waals surface area contributed by atoms with Crippen molar-refractivity contribution in [3.05, 3.63) is 50.9 Å². The van der Waals surface area contributed by atoms with Crippen LogP contribution < -0.4 is 10.6 Å². The summed E-state index contributed by atoms with van der Waals surface area (Å²) >= 11 is 1.30. The number of nitrogens with one attached hydrogen (secondary N) is 2. The summed E-state index contributed by atoms with van der Waals surface area (Å²) in [5.74, 6) is -0.893. The van der Waals surface area contributed by atoms with Crippen LogP contribution in [0.1, 0.15) is 49.2 Å². The molecule has 0 saturated carbocycles. The smallest absolute Gasteiger partial charge is 0.414 e. The van der Waals surface area contributed by atoms with Crippen LogP contribution in [0.4, 0.5) is 9.80 Å². The summed E-state index contributed by atoms with van der Waals surface area (Å²) in [6.45, 7) is 9.27. The maximum Gasteiger partial charge on any atom is 0.414 e. The second kappa shape index (κ2) is 8.14. The molecule has 26 heavy (non-hydrogen) atoms. The first-order chi connectivity index (χ1) is 12.2. The second-order valence-electron chi connectivity index (χ2n) is 5.93. The highest BCUT2D eigenvalue weighted by atomic mass is 32.1. The van der Waals surface area contributed by atoms with Crippen molar-refractivity contribution >= 4 is 34.2 Å². The van der Waals surface area contributed by atoms with Crippen molar-refractivity contribution in [2.75, 3.05) is 11.9 Å². The van der Waals surface area contributed by atoms with Crippen molar-refractivity contribution in [1.82, 2.24) is 5.32 Å². The van der Waals surface area contributed by atoms with Gasteiger partial charge in [0.1, 0.15) is 5.00 Å². The Hall–Kier alpha value is -2.67. The van der Waals surface area contributed by atoms with Gasteiger partial charge in [-0.3, -0.25) is 14.9 Å². The highest BCUT2D eigenvalue weighted by Crippen LogP contribution is 2.33. The summed E-state index contributed by atoms with van der Waals surface area (Å²) in [5.41, 5.74) is 3.45. The molecule has 0 aliphatic heterocycles. The summed E-state index contributed by atoms with van der Waals surface area (Å²) in [7, 11) is 0. The largest absolute Gasteiger partial charge is 0.450 e. The van der Waals surface area contributed by atoms with E-state index in [0.717, 1.165) is 16.0 Å². The van der Waals surface area contributed by atoms with Crippen molar-refractivity contribution in [3.8, 4) is 0 Å². The molecule has 1 aromatic heterocycles. The number of carbonyl (C=O) groups excluding carboxylic acids is 3. The van der Waals surface area contributed by atoms with Crippen molar-refractivity contribution in [3.63, 3.8) is 0 Å². The molecule has 6 nitrogen and oxygen atoms in total. The summed E-state index contributed by atoms with van der Waals surface area (Å²) < 4.78 is 4.74. The van der Waals surface area contributed by atoms with Crippen LogP contribution in [-0.2, 0) is 4.74 Å². The number of imide groups is 1. The highest BCUT2D eigenvalue weighted by molar-refractivity contribution is 7.16. The third kappa shape index (κ3) is 4.29. The molecule has 0 fully saturated rings. The molecule has 0 aliphatic rings. The van der Waals surface area contributed by atoms with Crippen LogP contribution in [-0.4, -0.2) is 24.5 Å². The number of thiophene rings is 1. The predicted octanol–water partition coefficient (Wildman–Crippen LogP) is 4.12. The zero-order chi connectivity index (χ0) is 19.4. The van der Waals surface area contributed by atoms with E-state index >= 15 is 0 Å². The Morgan fingerprint density at radius 3 is 2.38 bits per heavy atom. The van der Waals surface area contributed by atoms with Gasteiger partial charge in [-0.25, -0.2) is 4.79 Å². The third-order valence-corrected chi connectivity index (χ3v) is 5.08. The molecule has 0 spiro atoms.